The fourth-order valence-corrected chi connectivity index (χ4v) is 5.71. The van der Waals surface area contributed by atoms with Gasteiger partial charge in [-0.25, -0.2) is 0 Å². The van der Waals surface area contributed by atoms with Crippen LogP contribution in [0.3, 0.4) is 0 Å². The number of hydrogen-bond donors (Lipinski definition) is 6. The predicted molar refractivity (Wildman–Crippen MR) is 106 cm³/mol. The topological polar surface area (TPSA) is 191 Å². The van der Waals surface area contributed by atoms with E-state index in [-0.39, 0.29) is 17.6 Å². The number of hydrogen-bond acceptors (Lipinski definition) is 10. The van der Waals surface area contributed by atoms with Crippen LogP contribution in [-0.4, -0.2) is 72.6 Å². The van der Waals surface area contributed by atoms with Gasteiger partial charge in [0.2, 0.25) is 0 Å². The quantitative estimate of drug-likeness (QED) is 0.323. The highest BCUT2D eigenvalue weighted by Crippen LogP contribution is 2.60. The summed E-state index contributed by atoms with van der Waals surface area (Å²) in [5, 5.41) is 64.0. The number of Topliss-reactive ketones (excluding diaryl/α,β-unsaturated/α-hetero) is 2. The van der Waals surface area contributed by atoms with Crippen LogP contribution in [0.2, 0.25) is 0 Å². The summed E-state index contributed by atoms with van der Waals surface area (Å²) in [4.78, 5) is 38.0. The van der Waals surface area contributed by atoms with E-state index in [0.29, 0.717) is 0 Å². The molecule has 5 aliphatic rings. The van der Waals surface area contributed by atoms with Crippen molar-refractivity contribution >= 4 is 17.5 Å². The lowest BCUT2D eigenvalue weighted by Gasteiger charge is -2.55. The van der Waals surface area contributed by atoms with Crippen LogP contribution in [0.5, 0.6) is 11.5 Å². The van der Waals surface area contributed by atoms with Gasteiger partial charge in [-0.3, -0.25) is 14.4 Å². The molecule has 1 aromatic rings. The van der Waals surface area contributed by atoms with Gasteiger partial charge in [0, 0.05) is 29.6 Å². The van der Waals surface area contributed by atoms with E-state index in [2.05, 4.69) is 0 Å². The minimum atomic E-state index is -2.33. The third-order valence-corrected chi connectivity index (χ3v) is 7.14. The van der Waals surface area contributed by atoms with Gasteiger partial charge in [0.1, 0.15) is 17.1 Å². The van der Waals surface area contributed by atoms with Gasteiger partial charge < -0.3 is 40.1 Å². The summed E-state index contributed by atoms with van der Waals surface area (Å²) in [7, 11) is 0. The van der Waals surface area contributed by atoms with E-state index in [9.17, 15) is 39.9 Å². The largest absolute Gasteiger partial charge is 0.507 e. The van der Waals surface area contributed by atoms with Crippen LogP contribution in [0, 0.1) is 0 Å². The lowest BCUT2D eigenvalue weighted by atomic mass is 9.65. The number of phenols is 2. The summed E-state index contributed by atoms with van der Waals surface area (Å²) in [5.74, 6) is -6.85. The minimum absolute atomic E-state index is 0.0480. The Labute approximate surface area is 186 Å². The number of fused-ring (bicyclic) bond motifs is 3. The summed E-state index contributed by atoms with van der Waals surface area (Å²) < 4.78 is 11.0. The molecule has 0 aromatic heterocycles. The molecule has 176 valence electrons. The Balaban J connectivity index is 1.76. The maximum absolute atomic E-state index is 13.4. The standard InChI is InChI=1S/C22H22O11/c1-6-12-9(3-8(32-6)4-11(24)25)17(26)13-14(18(12)27)20(29)16-15(19(13)28)21(30)5-10(23)22(16,31)7(2)33-21/h6-8,10,23,28-31H,3-5H2,1-2H3,(H,24,25). The highest BCUT2D eigenvalue weighted by atomic mass is 16.6. The number of aliphatic hydroxyl groups excluding tert-OH is 1. The highest BCUT2D eigenvalue weighted by molar-refractivity contribution is 6.29. The fraction of sp³-hybridized carbons (Fsp3) is 0.500. The SMILES string of the molecule is CC1OC(CC(=O)O)CC2=C1C(=O)c1c(O)c3c(c(O)c1C2=O)C1(O)CC(O)C3(O)C(C)O1. The molecule has 6 rings (SSSR count). The highest BCUT2D eigenvalue weighted by Gasteiger charge is 2.65. The second-order valence-corrected chi connectivity index (χ2v) is 9.04. The van der Waals surface area contributed by atoms with Gasteiger partial charge >= 0.3 is 5.97 Å². The third-order valence-electron chi connectivity index (χ3n) is 7.14. The Bertz CT molecular complexity index is 1170. The molecule has 6 atom stereocenters. The van der Waals surface area contributed by atoms with Gasteiger partial charge in [0.05, 0.1) is 47.5 Å². The molecule has 0 amide bonds. The van der Waals surface area contributed by atoms with Gasteiger partial charge in [-0.2, -0.15) is 0 Å². The average Bonchev–Trinajstić information content (AvgIpc) is 2.69. The number of carbonyl (C=O) groups is 3. The fourth-order valence-electron chi connectivity index (χ4n) is 5.71. The molecule has 1 saturated heterocycles. The van der Waals surface area contributed by atoms with Gasteiger partial charge in [-0.15, -0.1) is 0 Å². The molecule has 11 nitrogen and oxygen atoms in total. The average molecular weight is 462 g/mol. The maximum Gasteiger partial charge on any atom is 0.305 e. The summed E-state index contributed by atoms with van der Waals surface area (Å²) in [6.07, 6.45) is -5.84. The molecular weight excluding hydrogens is 440 g/mol. The Kier molecular flexibility index (Phi) is 4.41. The summed E-state index contributed by atoms with van der Waals surface area (Å²) >= 11 is 0. The number of carboxylic acid groups (broad SMARTS) is 1. The number of benzene rings is 1. The molecule has 2 bridgehead atoms. The van der Waals surface area contributed by atoms with Crippen molar-refractivity contribution in [3.05, 3.63) is 33.4 Å². The molecule has 3 aliphatic heterocycles. The van der Waals surface area contributed by atoms with Crippen LogP contribution >= 0.6 is 0 Å². The number of aliphatic hydroxyl groups is 3. The Morgan fingerprint density at radius 3 is 2.27 bits per heavy atom. The Morgan fingerprint density at radius 1 is 1.06 bits per heavy atom. The molecule has 6 N–H and O–H groups in total. The van der Waals surface area contributed by atoms with Crippen molar-refractivity contribution in [3.8, 4) is 11.5 Å². The third kappa shape index (κ3) is 2.59. The van der Waals surface area contributed by atoms with Crippen LogP contribution in [-0.2, 0) is 25.7 Å². The lowest BCUT2D eigenvalue weighted by Crippen LogP contribution is -2.64. The molecule has 33 heavy (non-hydrogen) atoms. The van der Waals surface area contributed by atoms with Crippen molar-refractivity contribution in [1.82, 2.24) is 0 Å². The van der Waals surface area contributed by atoms with Gasteiger partial charge in [0.15, 0.2) is 17.4 Å². The summed E-state index contributed by atoms with van der Waals surface area (Å²) in [6.45, 7) is 2.81. The molecule has 1 fully saturated rings. The molecule has 0 spiro atoms. The maximum atomic E-state index is 13.4. The zero-order valence-corrected chi connectivity index (χ0v) is 17.7. The Morgan fingerprint density at radius 2 is 1.67 bits per heavy atom. The summed E-state index contributed by atoms with van der Waals surface area (Å²) in [5.41, 5.74) is -4.52. The van der Waals surface area contributed by atoms with E-state index in [1.807, 2.05) is 0 Å². The number of rotatable bonds is 2. The zero-order chi connectivity index (χ0) is 24.2. The lowest BCUT2D eigenvalue weighted by molar-refractivity contribution is -0.354. The summed E-state index contributed by atoms with van der Waals surface area (Å²) in [6, 6.07) is 0. The van der Waals surface area contributed by atoms with Crippen LogP contribution in [0.4, 0.5) is 0 Å². The first-order valence-corrected chi connectivity index (χ1v) is 10.5. The number of ketones is 2. The van der Waals surface area contributed by atoms with Crippen molar-refractivity contribution in [2.75, 3.05) is 0 Å². The van der Waals surface area contributed by atoms with E-state index in [4.69, 9.17) is 14.6 Å². The van der Waals surface area contributed by atoms with E-state index < -0.39 is 99.9 Å². The first kappa shape index (κ1) is 22.0. The Hall–Kier alpha value is -2.83. The molecule has 2 aliphatic carbocycles. The van der Waals surface area contributed by atoms with Crippen molar-refractivity contribution in [2.24, 2.45) is 0 Å². The van der Waals surface area contributed by atoms with E-state index in [1.54, 1.807) is 0 Å². The van der Waals surface area contributed by atoms with E-state index in [1.165, 1.54) is 13.8 Å². The monoisotopic (exact) mass is 462 g/mol. The van der Waals surface area contributed by atoms with Gasteiger partial charge in [-0.1, -0.05) is 0 Å². The smallest absolute Gasteiger partial charge is 0.305 e. The van der Waals surface area contributed by atoms with E-state index >= 15 is 0 Å². The second kappa shape index (κ2) is 6.61. The molecule has 11 heteroatoms. The molecule has 0 saturated carbocycles. The number of ether oxygens (including phenoxy) is 2. The number of aliphatic carboxylic acids is 1. The molecular formula is C22H22O11. The predicted octanol–water partition coefficient (Wildman–Crippen LogP) is -0.0585. The van der Waals surface area contributed by atoms with Crippen LogP contribution in [0.25, 0.3) is 0 Å². The molecule has 6 unspecified atom stereocenters. The van der Waals surface area contributed by atoms with Crippen molar-refractivity contribution < 1.29 is 54.5 Å². The second-order valence-electron chi connectivity index (χ2n) is 9.04. The number of carbonyl (C=O) groups excluding carboxylic acids is 2. The number of phenolic OH excluding ortho intramolecular Hbond substituents is 2. The first-order chi connectivity index (χ1) is 15.3. The minimum Gasteiger partial charge on any atom is -0.507 e. The van der Waals surface area contributed by atoms with Crippen LogP contribution < -0.4 is 0 Å². The normalized spacial score (nSPS) is 37.0. The van der Waals surface area contributed by atoms with Gasteiger partial charge in [0.25, 0.3) is 0 Å². The molecule has 3 heterocycles. The van der Waals surface area contributed by atoms with Gasteiger partial charge in [-0.05, 0) is 13.8 Å². The van der Waals surface area contributed by atoms with Crippen molar-refractivity contribution in [1.29, 1.82) is 0 Å². The van der Waals surface area contributed by atoms with Crippen molar-refractivity contribution in [3.63, 3.8) is 0 Å². The molecule has 1 aromatic carbocycles. The number of carboxylic acids is 1. The van der Waals surface area contributed by atoms with Crippen LogP contribution in [0.15, 0.2) is 11.1 Å². The van der Waals surface area contributed by atoms with E-state index in [0.717, 1.165) is 0 Å². The first-order valence-electron chi connectivity index (χ1n) is 10.5. The van der Waals surface area contributed by atoms with Crippen LogP contribution in [0.1, 0.15) is 65.0 Å². The number of aromatic hydroxyl groups is 2. The van der Waals surface area contributed by atoms with Crippen molar-refractivity contribution in [2.45, 2.75) is 68.9 Å². The zero-order valence-electron chi connectivity index (χ0n) is 17.7. The molecule has 0 radical (unpaired) electrons.